The minimum absolute atomic E-state index is 0.0784. The second-order valence-electron chi connectivity index (χ2n) is 5.48. The number of nitrogens with one attached hydrogen (secondary N) is 1. The van der Waals surface area contributed by atoms with Crippen LogP contribution in [-0.4, -0.2) is 20.3 Å². The monoisotopic (exact) mass is 479 g/mol. The molecule has 0 aromatic heterocycles. The number of halogens is 4. The summed E-state index contributed by atoms with van der Waals surface area (Å²) in [5.74, 6) is 0. The van der Waals surface area contributed by atoms with Gasteiger partial charge in [0.15, 0.2) is 0 Å². The van der Waals surface area contributed by atoms with Gasteiger partial charge < -0.3 is 0 Å². The Morgan fingerprint density at radius 2 is 1.76 bits per heavy atom. The summed E-state index contributed by atoms with van der Waals surface area (Å²) in [7, 11) is -3.74. The lowest BCUT2D eigenvalue weighted by atomic mass is 9.88. The highest BCUT2D eigenvalue weighted by Crippen LogP contribution is 2.33. The highest BCUT2D eigenvalue weighted by atomic mass is 79.9. The summed E-state index contributed by atoms with van der Waals surface area (Å²) in [5.41, 5.74) is -0.144. The van der Waals surface area contributed by atoms with Crippen LogP contribution < -0.4 is 4.72 Å². The van der Waals surface area contributed by atoms with Crippen LogP contribution in [-0.2, 0) is 10.0 Å². The van der Waals surface area contributed by atoms with Gasteiger partial charge >= 0.3 is 0 Å². The third kappa shape index (κ3) is 5.99. The van der Waals surface area contributed by atoms with E-state index < -0.39 is 10.0 Å². The second kappa shape index (κ2) is 7.97. The molecular formula is C13H17Br2Cl2NO2S. The summed E-state index contributed by atoms with van der Waals surface area (Å²) < 4.78 is 28.0. The zero-order valence-electron chi connectivity index (χ0n) is 11.7. The van der Waals surface area contributed by atoms with E-state index in [1.165, 1.54) is 12.1 Å². The van der Waals surface area contributed by atoms with Crippen molar-refractivity contribution < 1.29 is 8.42 Å². The van der Waals surface area contributed by atoms with Crippen molar-refractivity contribution in [3.05, 3.63) is 26.7 Å². The molecule has 120 valence electrons. The first-order valence-corrected chi connectivity index (χ1v) is 10.4. The molecule has 1 aromatic carbocycles. The fourth-order valence-corrected chi connectivity index (χ4v) is 5.24. The Morgan fingerprint density at radius 1 is 1.24 bits per heavy atom. The normalized spacial score (nSPS) is 12.7. The van der Waals surface area contributed by atoms with E-state index in [1.807, 2.05) is 13.8 Å². The number of hydrogen-bond donors (Lipinski definition) is 1. The first-order valence-electron chi connectivity index (χ1n) is 6.29. The molecule has 0 aliphatic rings. The van der Waals surface area contributed by atoms with Crippen molar-refractivity contribution in [2.75, 3.05) is 11.9 Å². The molecule has 0 saturated heterocycles. The number of rotatable bonds is 7. The van der Waals surface area contributed by atoms with Crippen LogP contribution in [0.15, 0.2) is 21.5 Å². The van der Waals surface area contributed by atoms with Crippen molar-refractivity contribution in [2.24, 2.45) is 5.41 Å². The standard InChI is InChI=1S/C13H17Br2Cl2NO2S/c1-13(2,4-3-5-14)8-18-21(19,20)12-10(16)6-9(15)7-11(12)17/h6-7,18H,3-5,8H2,1-2H3. The molecule has 1 aromatic rings. The summed E-state index contributed by atoms with van der Waals surface area (Å²) in [4.78, 5) is -0.0784. The lowest BCUT2D eigenvalue weighted by Gasteiger charge is -2.24. The van der Waals surface area contributed by atoms with Gasteiger partial charge in [-0.25, -0.2) is 13.1 Å². The van der Waals surface area contributed by atoms with E-state index in [0.717, 1.165) is 18.2 Å². The number of alkyl halides is 1. The molecule has 1 N–H and O–H groups in total. The zero-order valence-corrected chi connectivity index (χ0v) is 17.2. The van der Waals surface area contributed by atoms with Gasteiger partial charge in [0, 0.05) is 16.3 Å². The summed E-state index contributed by atoms with van der Waals surface area (Å²) in [6.45, 7) is 4.36. The van der Waals surface area contributed by atoms with E-state index in [4.69, 9.17) is 23.2 Å². The molecule has 3 nitrogen and oxygen atoms in total. The van der Waals surface area contributed by atoms with Gasteiger partial charge in [0.2, 0.25) is 10.0 Å². The highest BCUT2D eigenvalue weighted by molar-refractivity contribution is 9.10. The molecule has 0 aliphatic heterocycles. The molecule has 1 rings (SSSR count). The van der Waals surface area contributed by atoms with Gasteiger partial charge in [0.1, 0.15) is 4.90 Å². The van der Waals surface area contributed by atoms with Gasteiger partial charge in [-0.3, -0.25) is 0 Å². The fraction of sp³-hybridized carbons (Fsp3) is 0.538. The molecule has 0 heterocycles. The molecule has 0 amide bonds. The molecule has 0 bridgehead atoms. The molecule has 21 heavy (non-hydrogen) atoms. The van der Waals surface area contributed by atoms with Crippen molar-refractivity contribution in [1.82, 2.24) is 4.72 Å². The van der Waals surface area contributed by atoms with Crippen LogP contribution in [0.1, 0.15) is 26.7 Å². The van der Waals surface area contributed by atoms with Crippen molar-refractivity contribution in [3.63, 3.8) is 0 Å². The average molecular weight is 482 g/mol. The lowest BCUT2D eigenvalue weighted by molar-refractivity contribution is 0.332. The van der Waals surface area contributed by atoms with E-state index in [9.17, 15) is 8.42 Å². The SMILES string of the molecule is CC(C)(CCCBr)CNS(=O)(=O)c1c(Cl)cc(Br)cc1Cl. The maximum Gasteiger partial charge on any atom is 0.243 e. The lowest BCUT2D eigenvalue weighted by Crippen LogP contribution is -2.34. The van der Waals surface area contributed by atoms with Crippen molar-refractivity contribution >= 4 is 65.1 Å². The summed E-state index contributed by atoms with van der Waals surface area (Å²) >= 11 is 18.6. The van der Waals surface area contributed by atoms with Crippen LogP contribution in [0, 0.1) is 5.41 Å². The third-order valence-corrected chi connectivity index (χ3v) is 6.30. The van der Waals surface area contributed by atoms with Crippen LogP contribution in [0.2, 0.25) is 10.0 Å². The highest BCUT2D eigenvalue weighted by Gasteiger charge is 2.26. The molecule has 0 saturated carbocycles. The van der Waals surface area contributed by atoms with E-state index in [1.54, 1.807) is 0 Å². The topological polar surface area (TPSA) is 46.2 Å². The smallest absolute Gasteiger partial charge is 0.211 e. The van der Waals surface area contributed by atoms with Crippen molar-refractivity contribution in [2.45, 2.75) is 31.6 Å². The average Bonchev–Trinajstić information content (AvgIpc) is 2.33. The van der Waals surface area contributed by atoms with Crippen molar-refractivity contribution in [3.8, 4) is 0 Å². The number of benzene rings is 1. The zero-order chi connectivity index (χ0) is 16.3. The van der Waals surface area contributed by atoms with Crippen LogP contribution >= 0.6 is 55.1 Å². The Kier molecular flexibility index (Phi) is 7.49. The van der Waals surface area contributed by atoms with Gasteiger partial charge in [0.25, 0.3) is 0 Å². The summed E-state index contributed by atoms with van der Waals surface area (Å²) in [5, 5.41) is 1.09. The van der Waals surface area contributed by atoms with E-state index >= 15 is 0 Å². The Bertz CT molecular complexity index is 583. The van der Waals surface area contributed by atoms with E-state index in [-0.39, 0.29) is 20.4 Å². The Morgan fingerprint density at radius 3 is 2.24 bits per heavy atom. The van der Waals surface area contributed by atoms with Gasteiger partial charge in [-0.2, -0.15) is 0 Å². The van der Waals surface area contributed by atoms with Crippen molar-refractivity contribution in [1.29, 1.82) is 0 Å². The molecular weight excluding hydrogens is 465 g/mol. The Hall–Kier alpha value is 0.670. The Labute approximate surface area is 153 Å². The first-order chi connectivity index (χ1) is 9.59. The van der Waals surface area contributed by atoms with Gasteiger partial charge in [0.05, 0.1) is 10.0 Å². The second-order valence-corrected chi connectivity index (χ2v) is 9.71. The van der Waals surface area contributed by atoms with E-state index in [2.05, 4.69) is 36.6 Å². The van der Waals surface area contributed by atoms with Crippen LogP contribution in [0.3, 0.4) is 0 Å². The van der Waals surface area contributed by atoms with Gasteiger partial charge in [-0.05, 0) is 30.4 Å². The minimum Gasteiger partial charge on any atom is -0.211 e. The van der Waals surface area contributed by atoms with Crippen LogP contribution in [0.25, 0.3) is 0 Å². The molecule has 0 aliphatic carbocycles. The predicted molar refractivity (Wildman–Crippen MR) is 96.2 cm³/mol. The molecule has 0 atom stereocenters. The largest absolute Gasteiger partial charge is 0.243 e. The maximum atomic E-state index is 12.4. The molecule has 8 heteroatoms. The molecule has 0 radical (unpaired) electrons. The molecule has 0 fully saturated rings. The predicted octanol–water partition coefficient (Wildman–Crippen LogP) is 5.24. The maximum absolute atomic E-state index is 12.4. The first kappa shape index (κ1) is 19.7. The van der Waals surface area contributed by atoms with Gasteiger partial charge in [-0.1, -0.05) is 68.9 Å². The third-order valence-electron chi connectivity index (χ3n) is 2.96. The minimum atomic E-state index is -3.74. The van der Waals surface area contributed by atoms with Crippen LogP contribution in [0.5, 0.6) is 0 Å². The van der Waals surface area contributed by atoms with Crippen LogP contribution in [0.4, 0.5) is 0 Å². The number of hydrogen-bond acceptors (Lipinski definition) is 2. The van der Waals surface area contributed by atoms with Gasteiger partial charge in [-0.15, -0.1) is 0 Å². The fourth-order valence-electron chi connectivity index (χ4n) is 1.78. The summed E-state index contributed by atoms with van der Waals surface area (Å²) in [6, 6.07) is 3.02. The summed E-state index contributed by atoms with van der Waals surface area (Å²) in [6.07, 6.45) is 1.89. The quantitative estimate of drug-likeness (QED) is 0.541. The Balaban J connectivity index is 2.93. The molecule has 0 unspecified atom stereocenters. The molecule has 0 spiro atoms. The number of sulfonamides is 1. The van der Waals surface area contributed by atoms with E-state index in [0.29, 0.717) is 11.0 Å².